The highest BCUT2D eigenvalue weighted by Gasteiger charge is 2.30. The lowest BCUT2D eigenvalue weighted by atomic mass is 9.93. The summed E-state index contributed by atoms with van der Waals surface area (Å²) in [5.41, 5.74) is 1.75. The molecule has 0 bridgehead atoms. The highest BCUT2D eigenvalue weighted by molar-refractivity contribution is 5.96. The average molecular weight is 296 g/mol. The number of Topliss-reactive ketones (excluding diaryl/α,β-unsaturated/α-hetero) is 1. The lowest BCUT2D eigenvalue weighted by Gasteiger charge is -2.33. The normalized spacial score (nSPS) is 24.9. The van der Waals surface area contributed by atoms with E-state index in [9.17, 15) is 9.90 Å². The zero-order valence-electron chi connectivity index (χ0n) is 12.4. The monoisotopic (exact) mass is 296 g/mol. The van der Waals surface area contributed by atoms with Crippen LogP contribution in [0.2, 0.25) is 0 Å². The number of hydrogen-bond acceptors (Lipinski definition) is 3. The summed E-state index contributed by atoms with van der Waals surface area (Å²) < 4.78 is 6.05. The van der Waals surface area contributed by atoms with Gasteiger partial charge in [0.1, 0.15) is 0 Å². The molecule has 1 N–H and O–H groups in total. The molecule has 1 heterocycles. The van der Waals surface area contributed by atoms with Crippen molar-refractivity contribution in [2.45, 2.75) is 37.6 Å². The van der Waals surface area contributed by atoms with E-state index < -0.39 is 6.10 Å². The summed E-state index contributed by atoms with van der Waals surface area (Å²) >= 11 is 0. The molecule has 22 heavy (non-hydrogen) atoms. The molecule has 1 saturated heterocycles. The second kappa shape index (κ2) is 6.86. The van der Waals surface area contributed by atoms with Gasteiger partial charge in [0, 0.05) is 24.8 Å². The number of ketones is 1. The van der Waals surface area contributed by atoms with Gasteiger partial charge in [-0.2, -0.15) is 0 Å². The fourth-order valence-corrected chi connectivity index (χ4v) is 2.95. The van der Waals surface area contributed by atoms with E-state index in [1.165, 1.54) is 0 Å². The van der Waals surface area contributed by atoms with Crippen molar-refractivity contribution in [2.75, 3.05) is 0 Å². The van der Waals surface area contributed by atoms with Gasteiger partial charge in [0.15, 0.2) is 5.78 Å². The SMILES string of the molecule is O=C(CC1CC(O)CC(c2ccccc2)O1)c1ccccc1. The van der Waals surface area contributed by atoms with Crippen LogP contribution in [0.15, 0.2) is 60.7 Å². The Hall–Kier alpha value is -1.97. The second-order valence-electron chi connectivity index (χ2n) is 5.78. The molecule has 3 heteroatoms. The van der Waals surface area contributed by atoms with E-state index in [0.29, 0.717) is 24.8 Å². The maximum Gasteiger partial charge on any atom is 0.165 e. The van der Waals surface area contributed by atoms with Gasteiger partial charge in [0.2, 0.25) is 0 Å². The zero-order chi connectivity index (χ0) is 15.4. The lowest BCUT2D eigenvalue weighted by molar-refractivity contribution is -0.0962. The van der Waals surface area contributed by atoms with E-state index >= 15 is 0 Å². The van der Waals surface area contributed by atoms with Gasteiger partial charge in [-0.25, -0.2) is 0 Å². The van der Waals surface area contributed by atoms with Crippen molar-refractivity contribution in [3.63, 3.8) is 0 Å². The van der Waals surface area contributed by atoms with Gasteiger partial charge in [0.25, 0.3) is 0 Å². The van der Waals surface area contributed by atoms with Gasteiger partial charge in [-0.15, -0.1) is 0 Å². The Morgan fingerprint density at radius 1 is 1.00 bits per heavy atom. The first-order valence-electron chi connectivity index (χ1n) is 7.69. The van der Waals surface area contributed by atoms with E-state index in [1.807, 2.05) is 60.7 Å². The van der Waals surface area contributed by atoms with Crippen LogP contribution in [0, 0.1) is 0 Å². The molecule has 0 spiro atoms. The summed E-state index contributed by atoms with van der Waals surface area (Å²) in [5, 5.41) is 10.1. The van der Waals surface area contributed by atoms with Crippen molar-refractivity contribution in [3.8, 4) is 0 Å². The third-order valence-corrected chi connectivity index (χ3v) is 4.06. The number of carbonyl (C=O) groups is 1. The van der Waals surface area contributed by atoms with E-state index in [-0.39, 0.29) is 18.0 Å². The topological polar surface area (TPSA) is 46.5 Å². The lowest BCUT2D eigenvalue weighted by Crippen LogP contribution is -2.32. The highest BCUT2D eigenvalue weighted by Crippen LogP contribution is 2.32. The summed E-state index contributed by atoms with van der Waals surface area (Å²) in [6.45, 7) is 0. The van der Waals surface area contributed by atoms with E-state index in [4.69, 9.17) is 4.74 Å². The molecule has 2 aromatic rings. The van der Waals surface area contributed by atoms with E-state index in [0.717, 1.165) is 5.56 Å². The Labute approximate surface area is 130 Å². The molecule has 3 rings (SSSR count). The predicted molar refractivity (Wildman–Crippen MR) is 84.7 cm³/mol. The number of rotatable bonds is 4. The molecule has 0 radical (unpaired) electrons. The fourth-order valence-electron chi connectivity index (χ4n) is 2.95. The van der Waals surface area contributed by atoms with Gasteiger partial charge in [-0.05, 0) is 5.56 Å². The molecule has 0 saturated carbocycles. The molecule has 0 aromatic heterocycles. The summed E-state index contributed by atoms with van der Waals surface area (Å²) in [5.74, 6) is 0.0616. The first-order valence-corrected chi connectivity index (χ1v) is 7.69. The zero-order valence-corrected chi connectivity index (χ0v) is 12.4. The number of hydrogen-bond donors (Lipinski definition) is 1. The molecule has 114 valence electrons. The maximum atomic E-state index is 12.3. The molecule has 0 aliphatic carbocycles. The predicted octanol–water partition coefficient (Wildman–Crippen LogP) is 3.54. The van der Waals surface area contributed by atoms with Gasteiger partial charge >= 0.3 is 0 Å². The van der Waals surface area contributed by atoms with Crippen LogP contribution in [-0.4, -0.2) is 23.1 Å². The van der Waals surface area contributed by atoms with E-state index in [1.54, 1.807) is 0 Å². The van der Waals surface area contributed by atoms with E-state index in [2.05, 4.69) is 0 Å². The largest absolute Gasteiger partial charge is 0.393 e. The molecular formula is C19H20O3. The molecule has 0 amide bonds. The fraction of sp³-hybridized carbons (Fsp3) is 0.316. The number of ether oxygens (including phenoxy) is 1. The summed E-state index contributed by atoms with van der Waals surface area (Å²) in [7, 11) is 0. The quantitative estimate of drug-likeness (QED) is 0.878. The number of carbonyl (C=O) groups excluding carboxylic acids is 1. The van der Waals surface area contributed by atoms with Crippen molar-refractivity contribution in [1.82, 2.24) is 0 Å². The number of aliphatic hydroxyl groups is 1. The molecule has 2 aromatic carbocycles. The van der Waals surface area contributed by atoms with Gasteiger partial charge in [-0.1, -0.05) is 60.7 Å². The molecule has 1 aliphatic rings. The Kier molecular flexibility index (Phi) is 4.66. The maximum absolute atomic E-state index is 12.3. The van der Waals surface area contributed by atoms with Crippen LogP contribution in [0.25, 0.3) is 0 Å². The van der Waals surface area contributed by atoms with Gasteiger partial charge in [-0.3, -0.25) is 4.79 Å². The molecule has 3 unspecified atom stereocenters. The van der Waals surface area contributed by atoms with Crippen LogP contribution in [0.1, 0.15) is 41.3 Å². The van der Waals surface area contributed by atoms with Crippen LogP contribution < -0.4 is 0 Å². The first-order chi connectivity index (χ1) is 10.7. The average Bonchev–Trinajstić information content (AvgIpc) is 2.56. The van der Waals surface area contributed by atoms with Crippen molar-refractivity contribution in [1.29, 1.82) is 0 Å². The second-order valence-corrected chi connectivity index (χ2v) is 5.78. The first kappa shape index (κ1) is 14.9. The third-order valence-electron chi connectivity index (χ3n) is 4.06. The summed E-state index contributed by atoms with van der Waals surface area (Å²) in [6, 6.07) is 19.1. The minimum absolute atomic E-state index is 0.0616. The summed E-state index contributed by atoms with van der Waals surface area (Å²) in [6.07, 6.45) is 0.611. The van der Waals surface area contributed by atoms with Crippen molar-refractivity contribution in [2.24, 2.45) is 0 Å². The molecule has 3 nitrogen and oxygen atoms in total. The minimum Gasteiger partial charge on any atom is -0.393 e. The Bertz CT molecular complexity index is 609. The molecule has 3 atom stereocenters. The Balaban J connectivity index is 1.68. The van der Waals surface area contributed by atoms with Crippen LogP contribution >= 0.6 is 0 Å². The van der Waals surface area contributed by atoms with Crippen LogP contribution in [0.5, 0.6) is 0 Å². The molecule has 1 fully saturated rings. The number of aliphatic hydroxyl groups excluding tert-OH is 1. The third kappa shape index (κ3) is 3.62. The Morgan fingerprint density at radius 3 is 2.32 bits per heavy atom. The van der Waals surface area contributed by atoms with Crippen LogP contribution in [0.4, 0.5) is 0 Å². The molecular weight excluding hydrogens is 276 g/mol. The smallest absolute Gasteiger partial charge is 0.165 e. The Morgan fingerprint density at radius 2 is 1.64 bits per heavy atom. The van der Waals surface area contributed by atoms with Crippen LogP contribution in [-0.2, 0) is 4.74 Å². The standard InChI is InChI=1S/C19H20O3/c20-16-11-17(13-18(21)14-7-3-1-4-8-14)22-19(12-16)15-9-5-2-6-10-15/h1-10,16-17,19-20H,11-13H2. The van der Waals surface area contributed by atoms with Crippen molar-refractivity contribution < 1.29 is 14.6 Å². The van der Waals surface area contributed by atoms with Gasteiger partial charge in [0.05, 0.1) is 18.3 Å². The van der Waals surface area contributed by atoms with Gasteiger partial charge < -0.3 is 9.84 Å². The highest BCUT2D eigenvalue weighted by atomic mass is 16.5. The number of benzene rings is 2. The van der Waals surface area contributed by atoms with Crippen molar-refractivity contribution >= 4 is 5.78 Å². The van der Waals surface area contributed by atoms with Crippen molar-refractivity contribution in [3.05, 3.63) is 71.8 Å². The molecule has 1 aliphatic heterocycles. The minimum atomic E-state index is -0.424. The summed E-state index contributed by atoms with van der Waals surface area (Å²) in [4.78, 5) is 12.3. The van der Waals surface area contributed by atoms with Crippen LogP contribution in [0.3, 0.4) is 0 Å².